The smallest absolute Gasteiger partial charge is 0.424 e. The van der Waals surface area contributed by atoms with Crippen LogP contribution in [-0.2, 0) is 20.6 Å². The fraction of sp³-hybridized carbons (Fsp3) is 0.258. The molecule has 2 atom stereocenters. The van der Waals surface area contributed by atoms with E-state index in [0.717, 1.165) is 18.2 Å². The van der Waals surface area contributed by atoms with E-state index in [1.807, 2.05) is 0 Å². The normalized spacial score (nSPS) is 17.0. The van der Waals surface area contributed by atoms with Crippen molar-refractivity contribution >= 4 is 28.6 Å². The molecule has 0 aliphatic carbocycles. The molecule has 1 aliphatic heterocycles. The van der Waals surface area contributed by atoms with Crippen LogP contribution in [-0.4, -0.2) is 65.8 Å². The lowest BCUT2D eigenvalue weighted by atomic mass is 9.81. The molecule has 0 bridgehead atoms. The highest BCUT2D eigenvalue weighted by molar-refractivity contribution is 6.00. The Bertz CT molecular complexity index is 1850. The topological polar surface area (TPSA) is 166 Å². The highest BCUT2D eigenvalue weighted by Gasteiger charge is 2.57. The summed E-state index contributed by atoms with van der Waals surface area (Å²) < 4.78 is 69.1. The van der Waals surface area contributed by atoms with Crippen LogP contribution in [0.3, 0.4) is 0 Å². The van der Waals surface area contributed by atoms with Crippen LogP contribution in [0.15, 0.2) is 60.8 Å². The third-order valence-electron chi connectivity index (χ3n) is 7.70. The molecule has 2 aromatic heterocycles. The predicted molar refractivity (Wildman–Crippen MR) is 155 cm³/mol. The van der Waals surface area contributed by atoms with E-state index in [9.17, 15) is 37.1 Å². The van der Waals surface area contributed by atoms with Gasteiger partial charge in [0, 0.05) is 35.3 Å². The zero-order chi connectivity index (χ0) is 33.4. The minimum Gasteiger partial charge on any atom is -0.489 e. The molecular formula is C31H27F4N5O6. The summed E-state index contributed by atoms with van der Waals surface area (Å²) >= 11 is 0. The number of benzene rings is 2. The maximum atomic E-state index is 14.7. The average molecular weight is 642 g/mol. The number of carbonyl (C=O) groups excluding carboxylic acids is 3. The summed E-state index contributed by atoms with van der Waals surface area (Å²) in [6.07, 6.45) is -3.95. The van der Waals surface area contributed by atoms with Gasteiger partial charge in [0.15, 0.2) is 6.61 Å². The summed E-state index contributed by atoms with van der Waals surface area (Å²) in [5.74, 6) is -3.07. The maximum absolute atomic E-state index is 14.7. The number of likely N-dealkylation sites (N-methyl/N-ethyl adjacent to an activating group) is 1. The molecule has 3 amide bonds. The largest absolute Gasteiger partial charge is 0.489 e. The second-order valence-electron chi connectivity index (χ2n) is 10.8. The zero-order valence-electron chi connectivity index (χ0n) is 24.4. The Kier molecular flexibility index (Phi) is 8.30. The molecule has 240 valence electrons. The molecule has 1 unspecified atom stereocenters. The highest BCUT2D eigenvalue weighted by Crippen LogP contribution is 2.47. The summed E-state index contributed by atoms with van der Waals surface area (Å²) in [7, 11) is 1.40. The number of hydrogen-bond donors (Lipinski definition) is 4. The van der Waals surface area contributed by atoms with Crippen molar-refractivity contribution in [1.82, 2.24) is 20.6 Å². The van der Waals surface area contributed by atoms with Gasteiger partial charge in [-0.2, -0.15) is 13.2 Å². The van der Waals surface area contributed by atoms with E-state index in [4.69, 9.17) is 15.2 Å². The summed E-state index contributed by atoms with van der Waals surface area (Å²) in [6.45, 7) is -0.779. The van der Waals surface area contributed by atoms with Crippen LogP contribution in [0.2, 0.25) is 0 Å². The van der Waals surface area contributed by atoms with Gasteiger partial charge in [-0.15, -0.1) is 0 Å². The summed E-state index contributed by atoms with van der Waals surface area (Å²) in [4.78, 5) is 45.7. The van der Waals surface area contributed by atoms with Crippen LogP contribution in [0.1, 0.15) is 28.5 Å². The van der Waals surface area contributed by atoms with Crippen molar-refractivity contribution in [3.63, 3.8) is 0 Å². The van der Waals surface area contributed by atoms with E-state index in [1.54, 1.807) is 12.1 Å². The molecule has 0 fully saturated rings. The predicted octanol–water partition coefficient (Wildman–Crippen LogP) is 2.88. The number of hydrogen-bond acceptors (Lipinski definition) is 8. The van der Waals surface area contributed by atoms with Crippen molar-refractivity contribution in [2.45, 2.75) is 24.1 Å². The standard InChI is InChI=1S/C31H27F4N5O6/c1-29(28(36)43)15-46-26-20(29)12-22(40-25(26)16-5-7-19(32)8-6-16)30(44,31(33,34)35)14-39-27(42)18-10-17-4-3-9-38-24(17)21(11-18)45-13-23(41)37-2/h3-12,44H,13-15H2,1-2H3,(H2,36,43)(H,37,41)(H,39,42)/t29-,30?/m0/s1. The van der Waals surface area contributed by atoms with Crippen molar-refractivity contribution in [3.8, 4) is 22.8 Å². The van der Waals surface area contributed by atoms with Gasteiger partial charge < -0.3 is 30.9 Å². The SMILES string of the molecule is CNC(=O)COc1cc(C(=O)NCC(O)(c2cc3c(c(-c4ccc(F)cc4)n2)OC[C@]3(C)C(N)=O)C(F)(F)F)cc2cccnc12. The lowest BCUT2D eigenvalue weighted by Gasteiger charge is -2.31. The van der Waals surface area contributed by atoms with Crippen LogP contribution < -0.4 is 25.8 Å². The summed E-state index contributed by atoms with van der Waals surface area (Å²) in [6, 6.07) is 11.2. The van der Waals surface area contributed by atoms with Crippen LogP contribution >= 0.6 is 0 Å². The lowest BCUT2D eigenvalue weighted by molar-refractivity contribution is -0.265. The van der Waals surface area contributed by atoms with Gasteiger partial charge in [-0.3, -0.25) is 19.4 Å². The van der Waals surface area contributed by atoms with Gasteiger partial charge in [0.25, 0.3) is 11.8 Å². The Morgan fingerprint density at radius 1 is 1.13 bits per heavy atom. The van der Waals surface area contributed by atoms with E-state index in [-0.39, 0.29) is 40.5 Å². The van der Waals surface area contributed by atoms with Gasteiger partial charge in [-0.25, -0.2) is 9.37 Å². The number of aliphatic hydroxyl groups is 1. The van der Waals surface area contributed by atoms with E-state index in [2.05, 4.69) is 20.6 Å². The Morgan fingerprint density at radius 2 is 1.85 bits per heavy atom. The summed E-state index contributed by atoms with van der Waals surface area (Å²) in [5.41, 5.74) is -0.748. The number of nitrogens with two attached hydrogens (primary N) is 1. The molecule has 1 aliphatic rings. The first kappa shape index (κ1) is 32.1. The Morgan fingerprint density at radius 3 is 2.50 bits per heavy atom. The molecule has 5 rings (SSSR count). The number of rotatable bonds is 9. The first-order valence-corrected chi connectivity index (χ1v) is 13.7. The fourth-order valence-electron chi connectivity index (χ4n) is 4.86. The first-order valence-electron chi connectivity index (χ1n) is 13.7. The van der Waals surface area contributed by atoms with E-state index in [0.29, 0.717) is 10.9 Å². The molecule has 0 radical (unpaired) electrons. The third-order valence-corrected chi connectivity index (χ3v) is 7.70. The Labute approximate surface area is 258 Å². The monoisotopic (exact) mass is 641 g/mol. The van der Waals surface area contributed by atoms with Gasteiger partial charge >= 0.3 is 6.18 Å². The molecule has 15 heteroatoms. The molecule has 0 saturated carbocycles. The number of nitrogens with zero attached hydrogens (tertiary/aromatic N) is 2. The number of halogens is 4. The number of alkyl halides is 3. The summed E-state index contributed by atoms with van der Waals surface area (Å²) in [5, 5.41) is 16.2. The van der Waals surface area contributed by atoms with Gasteiger partial charge in [-0.1, -0.05) is 6.07 Å². The molecule has 0 saturated heterocycles. The van der Waals surface area contributed by atoms with E-state index >= 15 is 0 Å². The lowest BCUT2D eigenvalue weighted by Crippen LogP contribution is -2.51. The minimum absolute atomic E-state index is 0.0212. The van der Waals surface area contributed by atoms with E-state index in [1.165, 1.54) is 44.4 Å². The van der Waals surface area contributed by atoms with Gasteiger partial charge in [0.05, 0.1) is 12.2 Å². The highest BCUT2D eigenvalue weighted by atomic mass is 19.4. The second kappa shape index (κ2) is 11.9. The van der Waals surface area contributed by atoms with Crippen molar-refractivity contribution in [2.75, 3.05) is 26.8 Å². The van der Waals surface area contributed by atoms with Crippen LogP contribution in [0.5, 0.6) is 11.5 Å². The first-order chi connectivity index (χ1) is 21.7. The molecule has 0 spiro atoms. The molecule has 5 N–H and O–H groups in total. The van der Waals surface area contributed by atoms with Crippen molar-refractivity contribution < 1.29 is 46.5 Å². The number of aromatic nitrogens is 2. The number of fused-ring (bicyclic) bond motifs is 2. The van der Waals surface area contributed by atoms with Gasteiger partial charge in [-0.05, 0) is 55.5 Å². The second-order valence-corrected chi connectivity index (χ2v) is 10.8. The molecule has 2 aromatic carbocycles. The molecule has 4 aromatic rings. The number of ether oxygens (including phenoxy) is 2. The minimum atomic E-state index is -5.40. The van der Waals surface area contributed by atoms with Crippen molar-refractivity contribution in [2.24, 2.45) is 5.73 Å². The molecule has 11 nitrogen and oxygen atoms in total. The van der Waals surface area contributed by atoms with Crippen molar-refractivity contribution in [3.05, 3.63) is 83.4 Å². The van der Waals surface area contributed by atoms with Gasteiger partial charge in [0.1, 0.15) is 40.5 Å². The average Bonchev–Trinajstić information content (AvgIpc) is 3.39. The number of pyridine rings is 2. The zero-order valence-corrected chi connectivity index (χ0v) is 24.4. The van der Waals surface area contributed by atoms with Crippen LogP contribution in [0.4, 0.5) is 17.6 Å². The Hall–Kier alpha value is -5.31. The van der Waals surface area contributed by atoms with Crippen molar-refractivity contribution in [1.29, 1.82) is 0 Å². The Balaban J connectivity index is 1.55. The number of nitrogens with one attached hydrogen (secondary N) is 2. The van der Waals surface area contributed by atoms with E-state index < -0.39 is 59.6 Å². The van der Waals surface area contributed by atoms with Crippen LogP contribution in [0.25, 0.3) is 22.2 Å². The fourth-order valence-corrected chi connectivity index (χ4v) is 4.86. The maximum Gasteiger partial charge on any atom is 0.424 e. The third kappa shape index (κ3) is 5.76. The van der Waals surface area contributed by atoms with Gasteiger partial charge in [0.2, 0.25) is 11.5 Å². The number of amides is 3. The van der Waals surface area contributed by atoms with Crippen LogP contribution in [0, 0.1) is 5.82 Å². The number of carbonyl (C=O) groups is 3. The quantitative estimate of drug-likeness (QED) is 0.203. The molecule has 46 heavy (non-hydrogen) atoms. The number of primary amides is 1. The molecule has 3 heterocycles. The molecular weight excluding hydrogens is 614 g/mol.